The van der Waals surface area contributed by atoms with E-state index < -0.39 is 0 Å². The van der Waals surface area contributed by atoms with E-state index in [0.29, 0.717) is 23.2 Å². The third-order valence-electron chi connectivity index (χ3n) is 9.62. The van der Waals surface area contributed by atoms with Gasteiger partial charge in [-0.25, -0.2) is 0 Å². The molecular weight excluding hydrogens is 410 g/mol. The van der Waals surface area contributed by atoms with Gasteiger partial charge in [0.05, 0.1) is 0 Å². The van der Waals surface area contributed by atoms with E-state index in [4.69, 9.17) is 21.7 Å². The molecule has 0 aromatic heterocycles. The average Bonchev–Trinajstić information content (AvgIpc) is 3.09. The Morgan fingerprint density at radius 2 is 1.79 bits per heavy atom. The first-order valence-corrected chi connectivity index (χ1v) is 13.0. The Bertz CT molecular complexity index is 692. The van der Waals surface area contributed by atoms with Crippen LogP contribution in [0.3, 0.4) is 0 Å². The molecule has 4 aliphatic carbocycles. The number of allylic oxidation sites excluding steroid dienone is 2. The number of carbonyl (C=O) groups is 1. The fourth-order valence-electron chi connectivity index (χ4n) is 8.03. The Morgan fingerprint density at radius 3 is 2.30 bits per heavy atom. The second kappa shape index (κ2) is 11.9. The first kappa shape index (κ1) is 29.8. The van der Waals surface area contributed by atoms with Gasteiger partial charge >= 0.3 is 0 Å². The molecule has 192 valence electrons. The van der Waals surface area contributed by atoms with E-state index in [9.17, 15) is 0 Å². The van der Waals surface area contributed by atoms with Gasteiger partial charge in [0.15, 0.2) is 0 Å². The normalized spacial score (nSPS) is 40.6. The topological polar surface area (TPSA) is 154 Å². The van der Waals surface area contributed by atoms with Crippen LogP contribution < -0.4 is 23.4 Å². The van der Waals surface area contributed by atoms with Gasteiger partial charge in [-0.15, -0.1) is 0 Å². The highest BCUT2D eigenvalue weighted by Gasteiger charge is 2.64. The summed E-state index contributed by atoms with van der Waals surface area (Å²) in [5.74, 6) is 2.50. The minimum Gasteiger partial charge on any atom is -0.372 e. The van der Waals surface area contributed by atoms with E-state index in [1.54, 1.807) is 5.57 Å². The molecule has 33 heavy (non-hydrogen) atoms. The number of fused-ring (bicyclic) bond motifs is 5. The van der Waals surface area contributed by atoms with Crippen LogP contribution in [0, 0.1) is 39.9 Å². The highest BCUT2D eigenvalue weighted by molar-refractivity contribution is 5.82. The summed E-state index contributed by atoms with van der Waals surface area (Å²) in [6, 6.07) is 0. The van der Waals surface area contributed by atoms with Crippen molar-refractivity contribution in [1.82, 2.24) is 6.15 Å². The van der Waals surface area contributed by atoms with Crippen molar-refractivity contribution in [2.75, 3.05) is 6.54 Å². The summed E-state index contributed by atoms with van der Waals surface area (Å²) in [7, 11) is 0. The summed E-state index contributed by atoms with van der Waals surface area (Å²) in [6.45, 7) is 12.4. The van der Waals surface area contributed by atoms with Crippen molar-refractivity contribution in [3.63, 3.8) is 0 Å². The number of nitrogens with two attached hydrogens (primary N) is 3. The predicted molar refractivity (Wildman–Crippen MR) is 140 cm³/mol. The van der Waals surface area contributed by atoms with E-state index >= 15 is 0 Å². The van der Waals surface area contributed by atoms with E-state index in [0.717, 1.165) is 18.2 Å². The quantitative estimate of drug-likeness (QED) is 0.218. The minimum atomic E-state index is 0. The number of unbranched alkanes of at least 4 members (excludes halogenated alkanes) is 1. The molecule has 3 fully saturated rings. The van der Waals surface area contributed by atoms with Crippen LogP contribution in [0.4, 0.5) is 0 Å². The van der Waals surface area contributed by atoms with Gasteiger partial charge in [0.25, 0.3) is 0 Å². The molecular formula is C27H53N5O. The summed E-state index contributed by atoms with van der Waals surface area (Å²) in [6.07, 6.45) is 15.3. The molecule has 0 heterocycles. The Kier molecular flexibility index (Phi) is 10.8. The summed E-state index contributed by atoms with van der Waals surface area (Å²) in [4.78, 5) is 8.58. The summed E-state index contributed by atoms with van der Waals surface area (Å²) in [5.41, 5.74) is 19.9. The van der Waals surface area contributed by atoms with E-state index in [-0.39, 0.29) is 23.5 Å². The van der Waals surface area contributed by atoms with Crippen LogP contribution >= 0.6 is 0 Å². The fourth-order valence-corrected chi connectivity index (χ4v) is 8.03. The number of amides is 1. The van der Waals surface area contributed by atoms with E-state index in [1.165, 1.54) is 64.2 Å². The Hall–Kier alpha value is -1.24. The van der Waals surface area contributed by atoms with Crippen molar-refractivity contribution in [2.24, 2.45) is 51.7 Å². The number of carbonyl (C=O) groups excluding carboxylic acids is 1. The van der Waals surface area contributed by atoms with Gasteiger partial charge in [0, 0.05) is 17.2 Å². The van der Waals surface area contributed by atoms with Crippen LogP contribution in [-0.4, -0.2) is 24.2 Å². The van der Waals surface area contributed by atoms with Gasteiger partial charge in [-0.3, -0.25) is 4.79 Å². The second-order valence-electron chi connectivity index (χ2n) is 11.5. The van der Waals surface area contributed by atoms with Gasteiger partial charge < -0.3 is 28.8 Å². The Morgan fingerprint density at radius 1 is 1.15 bits per heavy atom. The Labute approximate surface area is 203 Å². The molecule has 7 atom stereocenters. The molecule has 6 heteroatoms. The van der Waals surface area contributed by atoms with Gasteiger partial charge in [0.1, 0.15) is 0 Å². The molecule has 7 unspecified atom stereocenters. The number of hydrogen-bond acceptors (Lipinski definition) is 5. The molecule has 0 spiro atoms. The Balaban J connectivity index is 0.000000530. The molecule has 0 radical (unpaired) electrons. The first-order valence-electron chi connectivity index (χ1n) is 13.0. The summed E-state index contributed by atoms with van der Waals surface area (Å²) >= 11 is 0. The molecule has 0 bridgehead atoms. The van der Waals surface area contributed by atoms with Crippen LogP contribution in [-0.2, 0) is 4.79 Å². The fraction of sp³-hybridized carbons (Fsp3) is 0.852. The lowest BCUT2D eigenvalue weighted by Gasteiger charge is -2.63. The van der Waals surface area contributed by atoms with Crippen LogP contribution in [0.2, 0.25) is 0 Å². The standard InChI is InChI=1S/C22H36N2.C4H11N.CH3NO.H3N/c1-14-7-10-20(3)16(13-14)8-12-22(24)18-6-5-17(15(2)23)21(18,4)11-9-19(20)22;1-2-3-4-5;2-1-3;/h13-14,17-19,23H,5-12,24H2,1-4H3;2-5H2,1H3;1H,(H2,2,3);1H3. The molecule has 0 aliphatic heterocycles. The van der Waals surface area contributed by atoms with Crippen molar-refractivity contribution in [1.29, 1.82) is 5.41 Å². The maximum Gasteiger partial charge on any atom is 0.204 e. The molecule has 0 saturated heterocycles. The van der Waals surface area contributed by atoms with Gasteiger partial charge in [-0.1, -0.05) is 45.8 Å². The van der Waals surface area contributed by atoms with Gasteiger partial charge in [0.2, 0.25) is 6.41 Å². The molecule has 3 saturated carbocycles. The maximum absolute atomic E-state index is 8.58. The first-order chi connectivity index (χ1) is 15.0. The van der Waals surface area contributed by atoms with Crippen molar-refractivity contribution in [3.8, 4) is 0 Å². The third kappa shape index (κ3) is 5.54. The van der Waals surface area contributed by atoms with Crippen LogP contribution in [0.25, 0.3) is 0 Å². The van der Waals surface area contributed by atoms with Crippen molar-refractivity contribution in [3.05, 3.63) is 11.6 Å². The third-order valence-corrected chi connectivity index (χ3v) is 9.62. The molecule has 4 rings (SSSR count). The summed E-state index contributed by atoms with van der Waals surface area (Å²) < 4.78 is 0. The number of rotatable bonds is 3. The molecule has 6 nitrogen and oxygen atoms in total. The summed E-state index contributed by atoms with van der Waals surface area (Å²) in [5, 5.41) is 8.29. The van der Waals surface area contributed by atoms with E-state index in [1.807, 2.05) is 6.92 Å². The highest BCUT2D eigenvalue weighted by Crippen LogP contribution is 2.67. The molecule has 1 amide bonds. The second-order valence-corrected chi connectivity index (χ2v) is 11.5. The van der Waals surface area contributed by atoms with Crippen LogP contribution in [0.1, 0.15) is 98.8 Å². The van der Waals surface area contributed by atoms with Gasteiger partial charge in [-0.05, 0) is 99.8 Å². The lowest BCUT2D eigenvalue weighted by molar-refractivity contribution is -0.106. The number of primary amides is 1. The molecule has 0 aromatic rings. The highest BCUT2D eigenvalue weighted by atomic mass is 16.1. The number of hydrogen-bond donors (Lipinski definition) is 5. The van der Waals surface area contributed by atoms with Crippen molar-refractivity contribution < 1.29 is 4.79 Å². The lowest BCUT2D eigenvalue weighted by Crippen LogP contribution is -2.66. The zero-order valence-electron chi connectivity index (χ0n) is 22.1. The van der Waals surface area contributed by atoms with Crippen LogP contribution in [0.5, 0.6) is 0 Å². The molecule has 10 N–H and O–H groups in total. The molecule has 4 aliphatic rings. The van der Waals surface area contributed by atoms with Crippen molar-refractivity contribution >= 4 is 12.1 Å². The average molecular weight is 464 g/mol. The number of nitrogens with one attached hydrogen (secondary N) is 1. The SMILES string of the molecule is CC(=N)C1CCC2C1(C)CCC1C3(C)CCC(C)C=C3CCC12N.CCCCN.N.NC=O. The zero-order valence-corrected chi connectivity index (χ0v) is 22.1. The monoisotopic (exact) mass is 463 g/mol. The van der Waals surface area contributed by atoms with E-state index in [2.05, 4.69) is 39.5 Å². The largest absolute Gasteiger partial charge is 0.372 e. The smallest absolute Gasteiger partial charge is 0.204 e. The zero-order chi connectivity index (χ0) is 24.2. The van der Waals surface area contributed by atoms with Gasteiger partial charge in [-0.2, -0.15) is 0 Å². The minimum absolute atomic E-state index is 0. The van der Waals surface area contributed by atoms with Crippen LogP contribution in [0.15, 0.2) is 11.6 Å². The predicted octanol–water partition coefficient (Wildman–Crippen LogP) is 5.33. The van der Waals surface area contributed by atoms with Crippen molar-refractivity contribution in [2.45, 2.75) is 104 Å². The molecule has 0 aromatic carbocycles. The maximum atomic E-state index is 8.58. The lowest BCUT2D eigenvalue weighted by atomic mass is 9.43.